The lowest BCUT2D eigenvalue weighted by Crippen LogP contribution is -2.06. The highest BCUT2D eigenvalue weighted by molar-refractivity contribution is 6.07. The molecule has 0 radical (unpaired) electrons. The number of hydrogen-bond donors (Lipinski definition) is 1. The molecule has 0 saturated heterocycles. The first-order valence-electron chi connectivity index (χ1n) is 5.58. The maximum Gasteiger partial charge on any atom is 0.342 e. The number of anilines is 1. The van der Waals surface area contributed by atoms with Gasteiger partial charge in [-0.2, -0.15) is 0 Å². The molecule has 0 saturated carbocycles. The molecule has 17 heavy (non-hydrogen) atoms. The highest BCUT2D eigenvalue weighted by Gasteiger charge is 2.22. The number of nitrogens with two attached hydrogens (primary N) is 1. The molecule has 0 amide bonds. The van der Waals surface area contributed by atoms with Gasteiger partial charge in [0, 0.05) is 18.7 Å². The van der Waals surface area contributed by atoms with Crippen LogP contribution >= 0.6 is 0 Å². The number of carbonyl (C=O) groups excluding carboxylic acids is 1. The molecule has 0 aliphatic carbocycles. The van der Waals surface area contributed by atoms with E-state index in [0.717, 1.165) is 30.7 Å². The third-order valence-electron chi connectivity index (χ3n) is 3.20. The maximum atomic E-state index is 11.7. The van der Waals surface area contributed by atoms with Crippen molar-refractivity contribution in [2.45, 2.75) is 19.4 Å². The number of hydrogen-bond acceptors (Lipinski definition) is 4. The zero-order valence-electron chi connectivity index (χ0n) is 9.56. The van der Waals surface area contributed by atoms with E-state index in [-0.39, 0.29) is 0 Å². The monoisotopic (exact) mass is 231 g/mol. The predicted molar refractivity (Wildman–Crippen MR) is 63.8 cm³/mol. The quantitative estimate of drug-likeness (QED) is 0.594. The van der Waals surface area contributed by atoms with Gasteiger partial charge >= 0.3 is 5.97 Å². The fourth-order valence-electron chi connectivity index (χ4n) is 2.41. The van der Waals surface area contributed by atoms with Crippen LogP contribution in [0.3, 0.4) is 0 Å². The van der Waals surface area contributed by atoms with Crippen LogP contribution in [0.5, 0.6) is 0 Å². The number of ether oxygens (including phenoxy) is 1. The van der Waals surface area contributed by atoms with E-state index in [4.69, 9.17) is 10.5 Å². The Kier molecular flexibility index (Phi) is 2.07. The van der Waals surface area contributed by atoms with Crippen LogP contribution in [0.25, 0.3) is 11.0 Å². The van der Waals surface area contributed by atoms with Gasteiger partial charge in [-0.25, -0.2) is 9.78 Å². The van der Waals surface area contributed by atoms with Crippen LogP contribution in [0.15, 0.2) is 12.1 Å². The first-order chi connectivity index (χ1) is 8.22. The van der Waals surface area contributed by atoms with Crippen molar-refractivity contribution in [3.63, 3.8) is 0 Å². The van der Waals surface area contributed by atoms with E-state index >= 15 is 0 Å². The molecule has 1 aromatic heterocycles. The highest BCUT2D eigenvalue weighted by atomic mass is 16.5. The molecular weight excluding hydrogens is 218 g/mol. The summed E-state index contributed by atoms with van der Waals surface area (Å²) in [6.07, 6.45) is 2.06. The van der Waals surface area contributed by atoms with Crippen molar-refractivity contribution in [1.82, 2.24) is 9.55 Å². The summed E-state index contributed by atoms with van der Waals surface area (Å²) in [5.74, 6) is 0.598. The van der Waals surface area contributed by atoms with Gasteiger partial charge in [0.25, 0.3) is 0 Å². The van der Waals surface area contributed by atoms with E-state index in [1.54, 1.807) is 6.07 Å². The average molecular weight is 231 g/mol. The lowest BCUT2D eigenvalue weighted by atomic mass is 10.1. The van der Waals surface area contributed by atoms with Gasteiger partial charge in [0.1, 0.15) is 16.9 Å². The Morgan fingerprint density at radius 3 is 3.12 bits per heavy atom. The molecule has 2 N–H and O–H groups in total. The number of methoxy groups -OCH3 is 1. The Labute approximate surface area is 98.2 Å². The minimum absolute atomic E-state index is 0.381. The molecule has 88 valence electrons. The lowest BCUT2D eigenvalue weighted by Gasteiger charge is -2.05. The number of nitrogens with zero attached hydrogens (tertiary/aromatic N) is 2. The molecule has 2 heterocycles. The Morgan fingerprint density at radius 2 is 2.35 bits per heavy atom. The zero-order chi connectivity index (χ0) is 12.0. The molecule has 5 nitrogen and oxygen atoms in total. The number of esters is 1. The van der Waals surface area contributed by atoms with Crippen molar-refractivity contribution in [2.24, 2.45) is 0 Å². The summed E-state index contributed by atoms with van der Waals surface area (Å²) in [6.45, 7) is 0.955. The molecule has 0 fully saturated rings. The number of rotatable bonds is 1. The summed E-state index contributed by atoms with van der Waals surface area (Å²) < 4.78 is 6.90. The van der Waals surface area contributed by atoms with Crippen molar-refractivity contribution >= 4 is 22.7 Å². The highest BCUT2D eigenvalue weighted by Crippen LogP contribution is 2.28. The molecule has 2 aromatic rings. The van der Waals surface area contributed by atoms with Gasteiger partial charge in [0.15, 0.2) is 0 Å². The van der Waals surface area contributed by atoms with E-state index in [9.17, 15) is 4.79 Å². The standard InChI is InChI=1S/C12H13N3O2/c1-17-12(16)10-7(13)4-5-8-11(10)14-9-3-2-6-15(8)9/h4-5H,2-3,6,13H2,1H3. The predicted octanol–water partition coefficient (Wildman–Crippen LogP) is 1.35. The number of fused-ring (bicyclic) bond motifs is 3. The summed E-state index contributed by atoms with van der Waals surface area (Å²) in [5, 5.41) is 0. The van der Waals surface area contributed by atoms with Gasteiger partial charge in [0.2, 0.25) is 0 Å². The summed E-state index contributed by atoms with van der Waals surface area (Å²) in [5.41, 5.74) is 8.25. The molecule has 0 spiro atoms. The van der Waals surface area contributed by atoms with E-state index in [1.807, 2.05) is 6.07 Å². The van der Waals surface area contributed by atoms with Gasteiger partial charge in [-0.15, -0.1) is 0 Å². The van der Waals surface area contributed by atoms with Crippen molar-refractivity contribution in [3.05, 3.63) is 23.5 Å². The molecule has 1 aliphatic rings. The largest absolute Gasteiger partial charge is 0.465 e. The summed E-state index contributed by atoms with van der Waals surface area (Å²) >= 11 is 0. The van der Waals surface area contributed by atoms with Gasteiger partial charge < -0.3 is 15.0 Å². The number of aryl methyl sites for hydroxylation is 2. The zero-order valence-corrected chi connectivity index (χ0v) is 9.56. The Hall–Kier alpha value is -2.04. The van der Waals surface area contributed by atoms with Crippen LogP contribution in [0, 0.1) is 0 Å². The molecule has 0 atom stereocenters. The Bertz CT molecular complexity index is 616. The van der Waals surface area contributed by atoms with Crippen LogP contribution in [-0.4, -0.2) is 22.6 Å². The van der Waals surface area contributed by atoms with Crippen LogP contribution in [0.1, 0.15) is 22.6 Å². The molecule has 1 aromatic carbocycles. The SMILES string of the molecule is COC(=O)c1c(N)ccc2c1nc1n2CCC1. The first-order valence-corrected chi connectivity index (χ1v) is 5.58. The minimum Gasteiger partial charge on any atom is -0.465 e. The van der Waals surface area contributed by atoms with Crippen LogP contribution in [-0.2, 0) is 17.7 Å². The van der Waals surface area contributed by atoms with Gasteiger partial charge in [-0.3, -0.25) is 0 Å². The number of nitrogen functional groups attached to an aromatic ring is 1. The van der Waals surface area contributed by atoms with Gasteiger partial charge in [0.05, 0.1) is 12.6 Å². The number of carbonyl (C=O) groups is 1. The molecule has 1 aliphatic heterocycles. The average Bonchev–Trinajstić information content (AvgIpc) is 2.88. The van der Waals surface area contributed by atoms with E-state index in [2.05, 4.69) is 9.55 Å². The van der Waals surface area contributed by atoms with Gasteiger partial charge in [-0.05, 0) is 18.6 Å². The minimum atomic E-state index is -0.426. The van der Waals surface area contributed by atoms with Crippen molar-refractivity contribution in [1.29, 1.82) is 0 Å². The fourth-order valence-corrected chi connectivity index (χ4v) is 2.41. The first kappa shape index (κ1) is 10.1. The number of imidazole rings is 1. The molecule has 5 heteroatoms. The third kappa shape index (κ3) is 1.32. The second-order valence-corrected chi connectivity index (χ2v) is 4.17. The van der Waals surface area contributed by atoms with Crippen LogP contribution in [0.4, 0.5) is 5.69 Å². The lowest BCUT2D eigenvalue weighted by molar-refractivity contribution is 0.0604. The fraction of sp³-hybridized carbons (Fsp3) is 0.333. The van der Waals surface area contributed by atoms with E-state index in [1.165, 1.54) is 7.11 Å². The summed E-state index contributed by atoms with van der Waals surface area (Å²) in [7, 11) is 1.35. The van der Waals surface area contributed by atoms with Crippen LogP contribution < -0.4 is 5.73 Å². The summed E-state index contributed by atoms with van der Waals surface area (Å²) in [4.78, 5) is 16.2. The van der Waals surface area contributed by atoms with E-state index < -0.39 is 5.97 Å². The van der Waals surface area contributed by atoms with E-state index in [0.29, 0.717) is 16.8 Å². The second-order valence-electron chi connectivity index (χ2n) is 4.17. The van der Waals surface area contributed by atoms with Crippen molar-refractivity contribution in [3.8, 4) is 0 Å². The smallest absolute Gasteiger partial charge is 0.342 e. The number of benzene rings is 1. The van der Waals surface area contributed by atoms with Crippen molar-refractivity contribution in [2.75, 3.05) is 12.8 Å². The van der Waals surface area contributed by atoms with Gasteiger partial charge in [-0.1, -0.05) is 0 Å². The molecular formula is C12H13N3O2. The summed E-state index contributed by atoms with van der Waals surface area (Å²) in [6, 6.07) is 3.65. The molecule has 3 rings (SSSR count). The van der Waals surface area contributed by atoms with Crippen molar-refractivity contribution < 1.29 is 9.53 Å². The van der Waals surface area contributed by atoms with Crippen LogP contribution in [0.2, 0.25) is 0 Å². The molecule has 0 unspecified atom stereocenters. The Balaban J connectivity index is 2.34. The third-order valence-corrected chi connectivity index (χ3v) is 3.20. The Morgan fingerprint density at radius 1 is 1.53 bits per heavy atom. The normalized spacial score (nSPS) is 13.9. The topological polar surface area (TPSA) is 70.1 Å². The maximum absolute atomic E-state index is 11.7. The molecule has 0 bridgehead atoms. The number of aromatic nitrogens is 2. The second kappa shape index (κ2) is 3.48.